The Morgan fingerprint density at radius 3 is 2.70 bits per heavy atom. The number of thioether (sulfide) groups is 1. The maximum absolute atomic E-state index is 6.17. The molecule has 0 saturated heterocycles. The highest BCUT2D eigenvalue weighted by atomic mass is 32.2. The number of nitrogens with two attached hydrogens (primary N) is 1. The van der Waals surface area contributed by atoms with E-state index < -0.39 is 0 Å². The fourth-order valence-corrected chi connectivity index (χ4v) is 4.06. The van der Waals surface area contributed by atoms with Gasteiger partial charge in [0, 0.05) is 18.3 Å². The first-order valence-corrected chi connectivity index (χ1v) is 8.55. The molecule has 5 nitrogen and oxygen atoms in total. The minimum Gasteiger partial charge on any atom is -0.369 e. The first kappa shape index (κ1) is 13.8. The normalized spacial score (nSPS) is 17.6. The average Bonchev–Trinajstić information content (AvgIpc) is 2.84. The van der Waals surface area contributed by atoms with Gasteiger partial charge in [-0.15, -0.1) is 0 Å². The topological polar surface area (TPSA) is 61.7 Å². The van der Waals surface area contributed by atoms with Gasteiger partial charge in [0.1, 0.15) is 5.52 Å². The van der Waals surface area contributed by atoms with Crippen LogP contribution in [0.1, 0.15) is 38.3 Å². The summed E-state index contributed by atoms with van der Waals surface area (Å²) in [4.78, 5) is 4.58. The Bertz CT molecular complexity index is 618. The van der Waals surface area contributed by atoms with Crippen LogP contribution in [0.3, 0.4) is 0 Å². The van der Waals surface area contributed by atoms with E-state index in [4.69, 9.17) is 5.73 Å². The first-order valence-electron chi connectivity index (χ1n) is 7.33. The molecule has 1 aliphatic rings. The molecule has 0 bridgehead atoms. The van der Waals surface area contributed by atoms with Gasteiger partial charge in [-0.2, -0.15) is 16.9 Å². The Morgan fingerprint density at radius 2 is 2.15 bits per heavy atom. The lowest BCUT2D eigenvalue weighted by Gasteiger charge is -2.40. The Kier molecular flexibility index (Phi) is 3.44. The van der Waals surface area contributed by atoms with Crippen LogP contribution in [-0.2, 0) is 20.0 Å². The number of nitrogens with zero attached hydrogens (tertiary/aromatic N) is 4. The number of hydrogen-bond acceptors (Lipinski definition) is 4. The largest absolute Gasteiger partial charge is 0.369 e. The molecule has 0 spiro atoms. The van der Waals surface area contributed by atoms with Gasteiger partial charge in [-0.05, 0) is 25.5 Å². The molecule has 0 aromatic carbocycles. The molecule has 0 radical (unpaired) electrons. The Morgan fingerprint density at radius 1 is 1.40 bits per heavy atom. The summed E-state index contributed by atoms with van der Waals surface area (Å²) >= 11 is 1.96. The smallest absolute Gasteiger partial charge is 0.202 e. The lowest BCUT2D eigenvalue weighted by Crippen LogP contribution is -2.38. The molecule has 1 fully saturated rings. The zero-order chi connectivity index (χ0) is 14.3. The Hall–Kier alpha value is -1.17. The van der Waals surface area contributed by atoms with Crippen LogP contribution in [0.2, 0.25) is 0 Å². The molecule has 2 N–H and O–H groups in total. The van der Waals surface area contributed by atoms with Gasteiger partial charge >= 0.3 is 0 Å². The van der Waals surface area contributed by atoms with E-state index in [0.717, 1.165) is 36.2 Å². The van der Waals surface area contributed by atoms with Crippen molar-refractivity contribution in [1.29, 1.82) is 0 Å². The van der Waals surface area contributed by atoms with Crippen molar-refractivity contribution in [3.8, 4) is 0 Å². The number of fused-ring (bicyclic) bond motifs is 1. The average molecular weight is 293 g/mol. The van der Waals surface area contributed by atoms with Crippen molar-refractivity contribution in [2.24, 2.45) is 7.05 Å². The lowest BCUT2D eigenvalue weighted by molar-refractivity contribution is 0.325. The second kappa shape index (κ2) is 4.98. The fourth-order valence-electron chi connectivity index (χ4n) is 3.11. The predicted octanol–water partition coefficient (Wildman–Crippen LogP) is 2.59. The number of aromatic nitrogens is 4. The molecule has 0 aliphatic heterocycles. The molecule has 1 aliphatic carbocycles. The van der Waals surface area contributed by atoms with E-state index in [1.165, 1.54) is 19.3 Å². The molecule has 1 saturated carbocycles. The van der Waals surface area contributed by atoms with Gasteiger partial charge in [-0.25, -0.2) is 4.98 Å². The van der Waals surface area contributed by atoms with Gasteiger partial charge in [-0.1, -0.05) is 19.8 Å². The van der Waals surface area contributed by atoms with E-state index in [1.54, 1.807) is 0 Å². The van der Waals surface area contributed by atoms with Gasteiger partial charge in [0.2, 0.25) is 5.95 Å². The van der Waals surface area contributed by atoms with Crippen LogP contribution in [0.4, 0.5) is 5.95 Å². The standard InChI is InChI=1S/C14H23N5S/c1-4-6-10-11-12(18(2)17-10)19(13(15)16-11)9-14(20-3)7-5-8-14/h4-9H2,1-3H3,(H2,15,16). The van der Waals surface area contributed by atoms with Crippen molar-refractivity contribution in [2.45, 2.75) is 50.3 Å². The minimum atomic E-state index is 0.344. The van der Waals surface area contributed by atoms with E-state index in [1.807, 2.05) is 23.5 Å². The van der Waals surface area contributed by atoms with Crippen molar-refractivity contribution in [3.63, 3.8) is 0 Å². The summed E-state index contributed by atoms with van der Waals surface area (Å²) in [6.07, 6.45) is 8.11. The van der Waals surface area contributed by atoms with Crippen molar-refractivity contribution in [1.82, 2.24) is 19.3 Å². The number of nitrogen functional groups attached to an aromatic ring is 1. The van der Waals surface area contributed by atoms with E-state index in [2.05, 4.69) is 27.8 Å². The fraction of sp³-hybridized carbons (Fsp3) is 0.714. The van der Waals surface area contributed by atoms with Gasteiger partial charge in [-0.3, -0.25) is 9.25 Å². The van der Waals surface area contributed by atoms with Crippen molar-refractivity contribution in [2.75, 3.05) is 12.0 Å². The predicted molar refractivity (Wildman–Crippen MR) is 85.0 cm³/mol. The third kappa shape index (κ3) is 2.01. The van der Waals surface area contributed by atoms with Crippen LogP contribution < -0.4 is 5.73 Å². The molecule has 0 unspecified atom stereocenters. The Labute approximate surface area is 123 Å². The maximum atomic E-state index is 6.17. The number of anilines is 1. The third-order valence-corrected chi connectivity index (χ3v) is 5.86. The quantitative estimate of drug-likeness (QED) is 0.920. The third-order valence-electron chi connectivity index (χ3n) is 4.45. The van der Waals surface area contributed by atoms with Gasteiger partial charge in [0.15, 0.2) is 5.65 Å². The van der Waals surface area contributed by atoms with Crippen LogP contribution >= 0.6 is 11.8 Å². The number of imidazole rings is 1. The summed E-state index contributed by atoms with van der Waals surface area (Å²) in [7, 11) is 1.99. The van der Waals surface area contributed by atoms with E-state index in [-0.39, 0.29) is 0 Å². The zero-order valence-corrected chi connectivity index (χ0v) is 13.3. The second-order valence-corrected chi connectivity index (χ2v) is 7.06. The number of rotatable bonds is 5. The van der Waals surface area contributed by atoms with Gasteiger partial charge < -0.3 is 5.73 Å². The van der Waals surface area contributed by atoms with Crippen LogP contribution in [0.25, 0.3) is 11.2 Å². The number of hydrogen-bond donors (Lipinski definition) is 1. The summed E-state index contributed by atoms with van der Waals surface area (Å²) < 4.78 is 4.45. The van der Waals surface area contributed by atoms with Crippen molar-refractivity contribution >= 4 is 28.9 Å². The molecule has 2 aromatic rings. The Balaban J connectivity index is 2.04. The summed E-state index contributed by atoms with van der Waals surface area (Å²) in [5.41, 5.74) is 9.31. The molecule has 0 atom stereocenters. The highest BCUT2D eigenvalue weighted by Crippen LogP contribution is 2.45. The first-order chi connectivity index (χ1) is 9.60. The summed E-state index contributed by atoms with van der Waals surface area (Å²) in [6.45, 7) is 3.11. The summed E-state index contributed by atoms with van der Waals surface area (Å²) in [5.74, 6) is 0.630. The van der Waals surface area contributed by atoms with E-state index >= 15 is 0 Å². The maximum Gasteiger partial charge on any atom is 0.202 e. The van der Waals surface area contributed by atoms with Crippen LogP contribution in [0.5, 0.6) is 0 Å². The van der Waals surface area contributed by atoms with Crippen LogP contribution in [0, 0.1) is 0 Å². The van der Waals surface area contributed by atoms with E-state index in [9.17, 15) is 0 Å². The van der Waals surface area contributed by atoms with Crippen LogP contribution in [-0.4, -0.2) is 30.3 Å². The SMILES string of the molecule is CCCc1nn(C)c2c1nc(N)n2CC1(SC)CCC1. The molecule has 2 aromatic heterocycles. The highest BCUT2D eigenvalue weighted by Gasteiger charge is 2.37. The molecular formula is C14H23N5S. The molecule has 110 valence electrons. The van der Waals surface area contributed by atoms with Gasteiger partial charge in [0.05, 0.1) is 5.69 Å². The number of aryl methyl sites for hydroxylation is 2. The molecular weight excluding hydrogens is 270 g/mol. The molecule has 0 amide bonds. The van der Waals surface area contributed by atoms with Crippen molar-refractivity contribution < 1.29 is 0 Å². The second-order valence-electron chi connectivity index (χ2n) is 5.79. The zero-order valence-electron chi connectivity index (χ0n) is 12.5. The van der Waals surface area contributed by atoms with Gasteiger partial charge in [0.25, 0.3) is 0 Å². The molecule has 20 heavy (non-hydrogen) atoms. The molecule has 3 rings (SSSR count). The van der Waals surface area contributed by atoms with Crippen molar-refractivity contribution in [3.05, 3.63) is 5.69 Å². The molecule has 2 heterocycles. The molecule has 6 heteroatoms. The summed E-state index contributed by atoms with van der Waals surface area (Å²) in [5, 5.41) is 4.61. The lowest BCUT2D eigenvalue weighted by atomic mass is 9.84. The monoisotopic (exact) mass is 293 g/mol. The summed E-state index contributed by atoms with van der Waals surface area (Å²) in [6, 6.07) is 0. The van der Waals surface area contributed by atoms with Crippen LogP contribution in [0.15, 0.2) is 0 Å². The van der Waals surface area contributed by atoms with E-state index in [0.29, 0.717) is 10.7 Å². The minimum absolute atomic E-state index is 0.344. The highest BCUT2D eigenvalue weighted by molar-refractivity contribution is 8.00.